The van der Waals surface area contributed by atoms with Crippen molar-refractivity contribution in [1.29, 1.82) is 0 Å². The average Bonchev–Trinajstić information content (AvgIpc) is 3.48. The van der Waals surface area contributed by atoms with Gasteiger partial charge < -0.3 is 29.0 Å². The highest BCUT2D eigenvalue weighted by Crippen LogP contribution is 2.49. The summed E-state index contributed by atoms with van der Waals surface area (Å²) in [7, 11) is -1.08. The number of aryl methyl sites for hydroxylation is 1. The molecule has 2 aromatic rings. The number of nitrogens with zero attached hydrogens (tertiary/aromatic N) is 5. The van der Waals surface area contributed by atoms with Gasteiger partial charge >= 0.3 is 19.9 Å². The standard InChI is InChI=1S/C28H45ClFN6O10P/c1-15(2)10-19(26(38)44-16(3)4)34-47(40,43-14-41-27(39)45-17(5)6)42-12-28(11-29)22(37)20(30)25(46-28)36-13-31-21-23(35(8)9)32-18(7)33-24(21)36/h13,15-17,19-20,22,25,37H,10-12,14H2,1-9H3,(H,34,40)/t19-,20+,22-,25+,28+,47?/m0/s1. The van der Waals surface area contributed by atoms with Crippen molar-refractivity contribution >= 4 is 48.5 Å². The molecule has 0 saturated carbocycles. The number of aromatic nitrogens is 4. The van der Waals surface area contributed by atoms with Gasteiger partial charge in [0.1, 0.15) is 23.6 Å². The van der Waals surface area contributed by atoms with Gasteiger partial charge in [0.25, 0.3) is 0 Å². The minimum atomic E-state index is -4.62. The molecule has 1 fully saturated rings. The first-order chi connectivity index (χ1) is 21.9. The normalized spacial score (nSPS) is 23.3. The van der Waals surface area contributed by atoms with E-state index in [0.29, 0.717) is 17.2 Å². The lowest BCUT2D eigenvalue weighted by Crippen LogP contribution is -2.48. The van der Waals surface area contributed by atoms with Crippen molar-refractivity contribution in [3.8, 4) is 0 Å². The number of halogens is 2. The van der Waals surface area contributed by atoms with Crippen LogP contribution in [0.1, 0.15) is 60.0 Å². The number of aliphatic hydroxyl groups is 1. The van der Waals surface area contributed by atoms with Gasteiger partial charge in [-0.3, -0.25) is 18.4 Å². The van der Waals surface area contributed by atoms with Crippen LogP contribution < -0.4 is 9.99 Å². The first-order valence-electron chi connectivity index (χ1n) is 15.1. The van der Waals surface area contributed by atoms with Crippen LogP contribution in [0.2, 0.25) is 0 Å². The Morgan fingerprint density at radius 3 is 2.40 bits per heavy atom. The highest BCUT2D eigenvalue weighted by molar-refractivity contribution is 7.51. The van der Waals surface area contributed by atoms with Crippen LogP contribution in [-0.4, -0.2) is 106 Å². The molecule has 6 atom stereocenters. The fourth-order valence-corrected chi connectivity index (χ4v) is 6.35. The smallest absolute Gasteiger partial charge is 0.462 e. The number of aliphatic hydroxyl groups excluding tert-OH is 1. The number of esters is 1. The largest absolute Gasteiger partial charge is 0.510 e. The Labute approximate surface area is 278 Å². The molecule has 1 saturated heterocycles. The maximum absolute atomic E-state index is 15.9. The lowest BCUT2D eigenvalue weighted by molar-refractivity contribution is -0.150. The second-order valence-corrected chi connectivity index (χ2v) is 14.3. The first kappa shape index (κ1) is 38.8. The molecule has 16 nitrogen and oxygen atoms in total. The Morgan fingerprint density at radius 1 is 1.17 bits per heavy atom. The third-order valence-corrected chi connectivity index (χ3v) is 8.77. The zero-order valence-corrected chi connectivity index (χ0v) is 29.7. The maximum atomic E-state index is 15.9. The van der Waals surface area contributed by atoms with Crippen LogP contribution >= 0.6 is 19.3 Å². The molecule has 0 aliphatic carbocycles. The molecule has 0 spiro atoms. The summed E-state index contributed by atoms with van der Waals surface area (Å²) < 4.78 is 63.4. The van der Waals surface area contributed by atoms with Crippen molar-refractivity contribution in [1.82, 2.24) is 24.6 Å². The van der Waals surface area contributed by atoms with Gasteiger partial charge in [0.2, 0.25) is 6.79 Å². The molecule has 0 aromatic carbocycles. The number of alkyl halides is 2. The van der Waals surface area contributed by atoms with E-state index >= 15 is 4.39 Å². The van der Waals surface area contributed by atoms with Gasteiger partial charge in [0, 0.05) is 14.1 Å². The predicted octanol–water partition coefficient (Wildman–Crippen LogP) is 4.02. The Morgan fingerprint density at radius 2 is 1.83 bits per heavy atom. The number of rotatable bonds is 16. The van der Waals surface area contributed by atoms with E-state index < -0.39 is 81.5 Å². The number of imidazole rings is 1. The number of nitrogens with one attached hydrogen (secondary N) is 1. The highest BCUT2D eigenvalue weighted by atomic mass is 35.5. The van der Waals surface area contributed by atoms with Crippen molar-refractivity contribution in [3.05, 3.63) is 12.2 Å². The molecule has 47 heavy (non-hydrogen) atoms. The maximum Gasteiger partial charge on any atom is 0.510 e. The second-order valence-electron chi connectivity index (χ2n) is 12.3. The number of fused-ring (bicyclic) bond motifs is 1. The van der Waals surface area contributed by atoms with E-state index in [1.807, 2.05) is 13.8 Å². The predicted molar refractivity (Wildman–Crippen MR) is 169 cm³/mol. The topological polar surface area (TPSA) is 186 Å². The van der Waals surface area contributed by atoms with E-state index in [1.54, 1.807) is 53.6 Å². The summed E-state index contributed by atoms with van der Waals surface area (Å²) >= 11 is 6.27. The number of carbonyl (C=O) groups is 2. The highest BCUT2D eigenvalue weighted by Gasteiger charge is 2.57. The van der Waals surface area contributed by atoms with E-state index in [9.17, 15) is 19.3 Å². The Bertz CT molecular complexity index is 1430. The molecule has 1 unspecified atom stereocenters. The van der Waals surface area contributed by atoms with E-state index in [4.69, 9.17) is 39.6 Å². The van der Waals surface area contributed by atoms with Gasteiger partial charge in [-0.05, 0) is 47.0 Å². The van der Waals surface area contributed by atoms with E-state index in [1.165, 1.54) is 10.9 Å². The zero-order valence-electron chi connectivity index (χ0n) is 28.0. The van der Waals surface area contributed by atoms with Gasteiger partial charge in [-0.1, -0.05) is 13.8 Å². The summed E-state index contributed by atoms with van der Waals surface area (Å²) in [6.07, 6.45) is -6.07. The van der Waals surface area contributed by atoms with Crippen molar-refractivity contribution in [3.63, 3.8) is 0 Å². The SMILES string of the molecule is Cc1nc(N(C)C)c2ncn([C@@H]3O[C@](CCl)(COP(=O)(N[C@@H](CC(C)C)C(=O)OC(C)C)OCOC(=O)OC(C)C)[C@@H](O)[C@H]3F)c2n1. The van der Waals surface area contributed by atoms with Crippen LogP contribution in [-0.2, 0) is 37.4 Å². The lowest BCUT2D eigenvalue weighted by atomic mass is 9.99. The number of carbonyl (C=O) groups excluding carboxylic acids is 2. The Kier molecular flexibility index (Phi) is 13.3. The number of hydrogen-bond acceptors (Lipinski definition) is 14. The molecule has 19 heteroatoms. The van der Waals surface area contributed by atoms with Gasteiger partial charge in [0.15, 0.2) is 29.4 Å². The van der Waals surface area contributed by atoms with Gasteiger partial charge in [-0.2, -0.15) is 0 Å². The fraction of sp³-hybridized carbons (Fsp3) is 0.750. The number of ether oxygens (including phenoxy) is 4. The van der Waals surface area contributed by atoms with Crippen molar-refractivity contribution in [2.75, 3.05) is 38.3 Å². The summed E-state index contributed by atoms with van der Waals surface area (Å²) in [6, 6.07) is -1.19. The molecule has 2 N–H and O–H groups in total. The Balaban J connectivity index is 1.91. The molecule has 2 aromatic heterocycles. The third-order valence-electron chi connectivity index (χ3n) is 6.77. The molecular formula is C28H45ClFN6O10P. The molecule has 1 aliphatic heterocycles. The van der Waals surface area contributed by atoms with Crippen LogP contribution in [0.4, 0.5) is 15.0 Å². The molecule has 3 heterocycles. The van der Waals surface area contributed by atoms with E-state index in [0.717, 1.165) is 0 Å². The molecular weight excluding hydrogens is 666 g/mol. The van der Waals surface area contributed by atoms with Gasteiger partial charge in [-0.25, -0.2) is 33.8 Å². The minimum absolute atomic E-state index is 0.0781. The first-order valence-corrected chi connectivity index (χ1v) is 17.1. The number of anilines is 1. The van der Waals surface area contributed by atoms with Gasteiger partial charge in [0.05, 0.1) is 31.0 Å². The Hall–Kier alpha value is -2.66. The van der Waals surface area contributed by atoms with Crippen LogP contribution in [0.5, 0.6) is 0 Å². The third kappa shape index (κ3) is 9.71. The fourth-order valence-electron chi connectivity index (χ4n) is 4.66. The second kappa shape index (κ2) is 16.2. The van der Waals surface area contributed by atoms with E-state index in [-0.39, 0.29) is 18.0 Å². The summed E-state index contributed by atoms with van der Waals surface area (Å²) in [4.78, 5) is 39.7. The van der Waals surface area contributed by atoms with Crippen LogP contribution in [0.25, 0.3) is 11.2 Å². The lowest BCUT2D eigenvalue weighted by Gasteiger charge is -2.32. The van der Waals surface area contributed by atoms with Crippen molar-refractivity contribution in [2.24, 2.45) is 5.92 Å². The molecule has 0 amide bonds. The van der Waals surface area contributed by atoms with E-state index in [2.05, 4.69) is 20.0 Å². The molecule has 0 radical (unpaired) electrons. The zero-order chi connectivity index (χ0) is 35.3. The van der Waals surface area contributed by atoms with Crippen LogP contribution in [0, 0.1) is 12.8 Å². The summed E-state index contributed by atoms with van der Waals surface area (Å²) in [5, 5.41) is 13.7. The summed E-state index contributed by atoms with van der Waals surface area (Å²) in [6.45, 7) is 10.1. The molecule has 266 valence electrons. The molecule has 1 aliphatic rings. The van der Waals surface area contributed by atoms with Crippen LogP contribution in [0.3, 0.4) is 0 Å². The number of hydrogen-bond donors (Lipinski definition) is 2. The monoisotopic (exact) mass is 710 g/mol. The van der Waals surface area contributed by atoms with Crippen LogP contribution in [0.15, 0.2) is 6.33 Å². The quantitative estimate of drug-likeness (QED) is 0.110. The van der Waals surface area contributed by atoms with Gasteiger partial charge in [-0.15, -0.1) is 11.6 Å². The summed E-state index contributed by atoms with van der Waals surface area (Å²) in [5.41, 5.74) is -1.36. The summed E-state index contributed by atoms with van der Waals surface area (Å²) in [5.74, 6) is -0.458. The van der Waals surface area contributed by atoms with Crippen molar-refractivity contribution in [2.45, 2.75) is 97.2 Å². The average molecular weight is 711 g/mol. The minimum Gasteiger partial charge on any atom is -0.462 e. The molecule has 3 rings (SSSR count). The van der Waals surface area contributed by atoms with Crippen molar-refractivity contribution < 1.29 is 51.6 Å². The molecule has 0 bridgehead atoms.